The summed E-state index contributed by atoms with van der Waals surface area (Å²) in [5, 5.41) is 3.32. The van der Waals surface area contributed by atoms with Gasteiger partial charge in [-0.3, -0.25) is 4.79 Å². The first kappa shape index (κ1) is 9.83. The largest absolute Gasteiger partial charge is 0.486 e. The van der Waals surface area contributed by atoms with Crippen molar-refractivity contribution in [3.8, 4) is 5.75 Å². The molecule has 1 N–H and O–H groups in total. The molecule has 1 aliphatic rings. The molecule has 3 nitrogen and oxygen atoms in total. The molecule has 0 radical (unpaired) electrons. The summed E-state index contributed by atoms with van der Waals surface area (Å²) in [6, 6.07) is 5.76. The minimum atomic E-state index is 0.101. The van der Waals surface area contributed by atoms with E-state index < -0.39 is 0 Å². The van der Waals surface area contributed by atoms with Crippen molar-refractivity contribution in [3.05, 3.63) is 29.7 Å². The van der Waals surface area contributed by atoms with E-state index in [2.05, 4.69) is 24.1 Å². The molecule has 2 rings (SSSR count). The zero-order valence-corrected chi connectivity index (χ0v) is 8.57. The van der Waals surface area contributed by atoms with Crippen LogP contribution >= 0.6 is 0 Å². The van der Waals surface area contributed by atoms with Gasteiger partial charge < -0.3 is 9.96 Å². The summed E-state index contributed by atoms with van der Waals surface area (Å²) in [6.07, 6.45) is 2.83. The van der Waals surface area contributed by atoms with E-state index in [0.717, 1.165) is 23.3 Å². The Morgan fingerprint density at radius 2 is 2.40 bits per heavy atom. The SMILES string of the molecule is CB1C=Cc2ccc(OCC=O)cc2N1. The fourth-order valence-electron chi connectivity index (χ4n) is 1.57. The van der Waals surface area contributed by atoms with E-state index in [1.165, 1.54) is 0 Å². The minimum Gasteiger partial charge on any atom is -0.486 e. The van der Waals surface area contributed by atoms with Crippen LogP contribution in [0.15, 0.2) is 24.2 Å². The Morgan fingerprint density at radius 1 is 1.53 bits per heavy atom. The van der Waals surface area contributed by atoms with Gasteiger partial charge in [0.2, 0.25) is 0 Å². The molecule has 1 aliphatic heterocycles. The molecule has 1 aromatic rings. The zero-order chi connectivity index (χ0) is 10.7. The maximum Gasteiger partial charge on any atom is 0.275 e. The van der Waals surface area contributed by atoms with Gasteiger partial charge in [-0.1, -0.05) is 18.9 Å². The first-order valence-corrected chi connectivity index (χ1v) is 4.95. The molecule has 15 heavy (non-hydrogen) atoms. The van der Waals surface area contributed by atoms with Gasteiger partial charge in [-0.25, -0.2) is 0 Å². The van der Waals surface area contributed by atoms with E-state index in [0.29, 0.717) is 6.85 Å². The fourth-order valence-corrected chi connectivity index (χ4v) is 1.57. The fraction of sp³-hybridized carbons (Fsp3) is 0.182. The molecular formula is C11H12BNO2. The Labute approximate surface area is 89.2 Å². The lowest BCUT2D eigenvalue weighted by Crippen LogP contribution is -2.20. The van der Waals surface area contributed by atoms with Gasteiger partial charge in [0.25, 0.3) is 6.85 Å². The van der Waals surface area contributed by atoms with Crippen LogP contribution in [0.25, 0.3) is 6.08 Å². The Morgan fingerprint density at radius 3 is 3.20 bits per heavy atom. The smallest absolute Gasteiger partial charge is 0.275 e. The number of hydrogen-bond acceptors (Lipinski definition) is 3. The first-order chi connectivity index (χ1) is 7.29. The number of benzene rings is 1. The van der Waals surface area contributed by atoms with Crippen molar-refractivity contribution in [3.63, 3.8) is 0 Å². The van der Waals surface area contributed by atoms with Gasteiger partial charge in [-0.2, -0.15) is 0 Å². The van der Waals surface area contributed by atoms with Crippen molar-refractivity contribution in [2.75, 3.05) is 11.8 Å². The van der Waals surface area contributed by atoms with Gasteiger partial charge >= 0.3 is 0 Å². The van der Waals surface area contributed by atoms with Crippen LogP contribution < -0.4 is 9.96 Å². The molecule has 0 saturated carbocycles. The lowest BCUT2D eigenvalue weighted by Gasteiger charge is -2.17. The van der Waals surface area contributed by atoms with E-state index in [-0.39, 0.29) is 6.61 Å². The first-order valence-electron chi connectivity index (χ1n) is 4.95. The van der Waals surface area contributed by atoms with Gasteiger partial charge in [-0.05, 0) is 17.7 Å². The van der Waals surface area contributed by atoms with Crippen LogP contribution in [0.5, 0.6) is 5.75 Å². The van der Waals surface area contributed by atoms with Crippen LogP contribution in [0, 0.1) is 0 Å². The Balaban J connectivity index is 2.22. The summed E-state index contributed by atoms with van der Waals surface area (Å²) in [6.45, 7) is 2.52. The number of hydrogen-bond donors (Lipinski definition) is 1. The number of rotatable bonds is 3. The predicted octanol–water partition coefficient (Wildman–Crippen LogP) is 1.86. The van der Waals surface area contributed by atoms with Gasteiger partial charge in [-0.15, -0.1) is 0 Å². The number of nitrogens with one attached hydrogen (secondary N) is 1. The highest BCUT2D eigenvalue weighted by molar-refractivity contribution is 6.67. The third kappa shape index (κ3) is 2.21. The summed E-state index contributed by atoms with van der Waals surface area (Å²) in [5.41, 5.74) is 2.19. The standard InChI is InChI=1S/C11H12BNO2/c1-12-5-4-9-2-3-10(15-7-6-14)8-11(9)13-12/h2-6,8,13H,7H2,1H3. The van der Waals surface area contributed by atoms with Gasteiger partial charge in [0, 0.05) is 11.8 Å². The normalized spacial score (nSPS) is 13.0. The maximum absolute atomic E-state index is 10.2. The van der Waals surface area contributed by atoms with Crippen molar-refractivity contribution in [1.82, 2.24) is 0 Å². The molecule has 0 aliphatic carbocycles. The van der Waals surface area contributed by atoms with Crippen LogP contribution in [0.1, 0.15) is 5.56 Å². The zero-order valence-electron chi connectivity index (χ0n) is 8.57. The van der Waals surface area contributed by atoms with Crippen LogP contribution in [-0.4, -0.2) is 19.7 Å². The Hall–Kier alpha value is -1.71. The van der Waals surface area contributed by atoms with E-state index in [1.807, 2.05) is 18.2 Å². The van der Waals surface area contributed by atoms with E-state index in [4.69, 9.17) is 4.74 Å². The second kappa shape index (κ2) is 4.21. The summed E-state index contributed by atoms with van der Waals surface area (Å²) in [5.74, 6) is 2.82. The lowest BCUT2D eigenvalue weighted by molar-refractivity contribution is -0.109. The second-order valence-corrected chi connectivity index (χ2v) is 3.52. The number of carbonyl (C=O) groups excluding carboxylic acids is 1. The van der Waals surface area contributed by atoms with Crippen molar-refractivity contribution >= 4 is 24.9 Å². The van der Waals surface area contributed by atoms with E-state index in [1.54, 1.807) is 0 Å². The van der Waals surface area contributed by atoms with Crippen molar-refractivity contribution in [2.24, 2.45) is 0 Å². The van der Waals surface area contributed by atoms with Crippen LogP contribution in [0.4, 0.5) is 5.69 Å². The number of fused-ring (bicyclic) bond motifs is 1. The summed E-state index contributed by atoms with van der Waals surface area (Å²) < 4.78 is 5.22. The molecule has 0 spiro atoms. The maximum atomic E-state index is 10.2. The lowest BCUT2D eigenvalue weighted by atomic mass is 9.63. The van der Waals surface area contributed by atoms with Crippen LogP contribution in [0.2, 0.25) is 6.82 Å². The Bertz CT molecular complexity index is 404. The number of anilines is 1. The molecule has 0 fully saturated rings. The van der Waals surface area contributed by atoms with Crippen molar-refractivity contribution < 1.29 is 9.53 Å². The molecule has 0 amide bonds. The second-order valence-electron chi connectivity index (χ2n) is 3.52. The molecular weight excluding hydrogens is 189 g/mol. The molecule has 4 heteroatoms. The van der Waals surface area contributed by atoms with Crippen molar-refractivity contribution in [1.29, 1.82) is 0 Å². The molecule has 0 atom stereocenters. The topological polar surface area (TPSA) is 38.3 Å². The summed E-state index contributed by atoms with van der Waals surface area (Å²) in [4.78, 5) is 10.2. The summed E-state index contributed by atoms with van der Waals surface area (Å²) in [7, 11) is 0. The molecule has 0 saturated heterocycles. The third-order valence-corrected chi connectivity index (χ3v) is 2.29. The average molecular weight is 201 g/mol. The average Bonchev–Trinajstić information content (AvgIpc) is 2.25. The highest BCUT2D eigenvalue weighted by atomic mass is 16.5. The highest BCUT2D eigenvalue weighted by Gasteiger charge is 2.11. The molecule has 0 aromatic heterocycles. The summed E-state index contributed by atoms with van der Waals surface area (Å²) >= 11 is 0. The monoisotopic (exact) mass is 201 g/mol. The van der Waals surface area contributed by atoms with E-state index >= 15 is 0 Å². The molecule has 76 valence electrons. The Kier molecular flexibility index (Phi) is 2.76. The predicted molar refractivity (Wildman–Crippen MR) is 62.3 cm³/mol. The van der Waals surface area contributed by atoms with E-state index in [9.17, 15) is 4.79 Å². The van der Waals surface area contributed by atoms with Crippen molar-refractivity contribution in [2.45, 2.75) is 6.82 Å². The molecule has 0 unspecified atom stereocenters. The van der Waals surface area contributed by atoms with Crippen LogP contribution in [0.3, 0.4) is 0 Å². The molecule has 1 aromatic carbocycles. The minimum absolute atomic E-state index is 0.101. The van der Waals surface area contributed by atoms with Gasteiger partial charge in [0.15, 0.2) is 6.29 Å². The quantitative estimate of drug-likeness (QED) is 0.599. The number of aldehydes is 1. The number of ether oxygens (including phenoxy) is 1. The molecule has 0 bridgehead atoms. The van der Waals surface area contributed by atoms with Gasteiger partial charge in [0.1, 0.15) is 12.4 Å². The molecule has 1 heterocycles. The van der Waals surface area contributed by atoms with Crippen LogP contribution in [-0.2, 0) is 4.79 Å². The highest BCUT2D eigenvalue weighted by Crippen LogP contribution is 2.26. The number of carbonyl (C=O) groups is 1. The van der Waals surface area contributed by atoms with Gasteiger partial charge in [0.05, 0.1) is 0 Å². The third-order valence-electron chi connectivity index (χ3n) is 2.29.